The summed E-state index contributed by atoms with van der Waals surface area (Å²) in [5, 5.41) is 7.63. The molecule has 2 aromatic carbocycles. The molecule has 1 aliphatic heterocycles. The molecule has 4 aromatic rings. The molecule has 33 heavy (non-hydrogen) atoms. The second-order valence-electron chi connectivity index (χ2n) is 9.27. The Bertz CT molecular complexity index is 1250. The van der Waals surface area contributed by atoms with Gasteiger partial charge in [-0.05, 0) is 57.2 Å². The fourth-order valence-corrected chi connectivity index (χ4v) is 4.19. The topological polar surface area (TPSA) is 61.6 Å². The number of halogens is 1. The largest absolute Gasteiger partial charge is 0.369 e. The number of aromatic nitrogens is 4. The van der Waals surface area contributed by atoms with Gasteiger partial charge in [-0.15, -0.1) is 0 Å². The van der Waals surface area contributed by atoms with Gasteiger partial charge in [0.25, 0.3) is 0 Å². The molecule has 7 nitrogen and oxygen atoms in total. The minimum atomic E-state index is -0.358. The standard InChI is InChI=1S/C25H28FN7/c1-25(2,3)32-16-14-31(15-17-32)19-10-8-18(9-11-19)28-24-30-23(20-6-4-5-7-21(20)26)29-22-12-13-27-33(22)24/h4-13H,14-17H2,1-3H3,(H,28,29,30). The van der Waals surface area contributed by atoms with Crippen LogP contribution in [0.15, 0.2) is 60.8 Å². The predicted molar refractivity (Wildman–Crippen MR) is 129 cm³/mol. The second-order valence-corrected chi connectivity index (χ2v) is 9.27. The number of rotatable bonds is 4. The zero-order chi connectivity index (χ0) is 23.0. The molecule has 0 unspecified atom stereocenters. The summed E-state index contributed by atoms with van der Waals surface area (Å²) in [4.78, 5) is 14.0. The van der Waals surface area contributed by atoms with Gasteiger partial charge in [-0.3, -0.25) is 4.90 Å². The van der Waals surface area contributed by atoms with Crippen molar-refractivity contribution in [3.05, 3.63) is 66.6 Å². The van der Waals surface area contributed by atoms with Crippen molar-refractivity contribution in [2.45, 2.75) is 26.3 Å². The molecule has 3 heterocycles. The zero-order valence-electron chi connectivity index (χ0n) is 19.2. The van der Waals surface area contributed by atoms with E-state index in [1.165, 1.54) is 11.8 Å². The Morgan fingerprint density at radius 2 is 1.61 bits per heavy atom. The van der Waals surface area contributed by atoms with Crippen molar-refractivity contribution in [1.29, 1.82) is 0 Å². The lowest BCUT2D eigenvalue weighted by Crippen LogP contribution is -2.53. The third-order valence-electron chi connectivity index (χ3n) is 6.09. The van der Waals surface area contributed by atoms with Gasteiger partial charge < -0.3 is 10.2 Å². The van der Waals surface area contributed by atoms with Crippen molar-refractivity contribution in [2.24, 2.45) is 0 Å². The van der Waals surface area contributed by atoms with E-state index in [4.69, 9.17) is 0 Å². The van der Waals surface area contributed by atoms with Crippen LogP contribution >= 0.6 is 0 Å². The van der Waals surface area contributed by atoms with Gasteiger partial charge in [0.2, 0.25) is 5.95 Å². The average molecular weight is 446 g/mol. The Hall–Kier alpha value is -3.52. The van der Waals surface area contributed by atoms with E-state index in [1.54, 1.807) is 35.0 Å². The summed E-state index contributed by atoms with van der Waals surface area (Å²) in [5.74, 6) is 0.440. The molecule has 0 bridgehead atoms. The fourth-order valence-electron chi connectivity index (χ4n) is 4.19. The van der Waals surface area contributed by atoms with E-state index in [2.05, 4.69) is 63.1 Å². The van der Waals surface area contributed by atoms with Gasteiger partial charge in [-0.1, -0.05) is 12.1 Å². The van der Waals surface area contributed by atoms with Crippen molar-refractivity contribution < 1.29 is 4.39 Å². The van der Waals surface area contributed by atoms with Gasteiger partial charge >= 0.3 is 0 Å². The van der Waals surface area contributed by atoms with Crippen LogP contribution in [0.25, 0.3) is 17.0 Å². The molecule has 5 rings (SSSR count). The summed E-state index contributed by atoms with van der Waals surface area (Å²) >= 11 is 0. The number of nitrogens with zero attached hydrogens (tertiary/aromatic N) is 6. The highest BCUT2D eigenvalue weighted by molar-refractivity contribution is 5.65. The molecular formula is C25H28FN7. The van der Waals surface area contributed by atoms with Crippen LogP contribution < -0.4 is 10.2 Å². The number of benzene rings is 2. The lowest BCUT2D eigenvalue weighted by Gasteiger charge is -2.43. The molecule has 0 amide bonds. The molecule has 170 valence electrons. The minimum Gasteiger partial charge on any atom is -0.369 e. The Morgan fingerprint density at radius 3 is 2.30 bits per heavy atom. The van der Waals surface area contributed by atoms with Crippen molar-refractivity contribution in [3.8, 4) is 11.4 Å². The average Bonchev–Trinajstić information content (AvgIpc) is 3.29. The molecule has 1 saturated heterocycles. The third-order valence-corrected chi connectivity index (χ3v) is 6.09. The van der Waals surface area contributed by atoms with Crippen LogP contribution in [-0.4, -0.2) is 56.2 Å². The lowest BCUT2D eigenvalue weighted by atomic mass is 10.0. The van der Waals surface area contributed by atoms with E-state index in [0.29, 0.717) is 23.0 Å². The van der Waals surface area contributed by atoms with Gasteiger partial charge in [0, 0.05) is 49.2 Å². The molecule has 0 radical (unpaired) electrons. The molecule has 1 fully saturated rings. The number of piperazine rings is 1. The number of hydrogen-bond donors (Lipinski definition) is 1. The molecule has 0 atom stereocenters. The van der Waals surface area contributed by atoms with Crippen LogP contribution in [0.5, 0.6) is 0 Å². The number of fused-ring (bicyclic) bond motifs is 1. The lowest BCUT2D eigenvalue weighted by molar-refractivity contribution is 0.128. The molecule has 0 aliphatic carbocycles. The molecule has 2 aromatic heterocycles. The summed E-state index contributed by atoms with van der Waals surface area (Å²) in [7, 11) is 0. The monoisotopic (exact) mass is 445 g/mol. The van der Waals surface area contributed by atoms with Crippen LogP contribution in [0.1, 0.15) is 20.8 Å². The van der Waals surface area contributed by atoms with E-state index < -0.39 is 0 Å². The highest BCUT2D eigenvalue weighted by atomic mass is 19.1. The Balaban J connectivity index is 1.36. The molecule has 0 spiro atoms. The minimum absolute atomic E-state index is 0.205. The van der Waals surface area contributed by atoms with Crippen LogP contribution in [-0.2, 0) is 0 Å². The van der Waals surface area contributed by atoms with Crippen molar-refractivity contribution in [2.75, 3.05) is 36.4 Å². The predicted octanol–water partition coefficient (Wildman–Crippen LogP) is 4.59. The summed E-state index contributed by atoms with van der Waals surface area (Å²) in [5.41, 5.74) is 3.24. The maximum Gasteiger partial charge on any atom is 0.232 e. The first-order valence-electron chi connectivity index (χ1n) is 11.2. The summed E-state index contributed by atoms with van der Waals surface area (Å²) < 4.78 is 16.0. The SMILES string of the molecule is CC(C)(C)N1CCN(c2ccc(Nc3nc(-c4ccccc4F)nc4ccnn34)cc2)CC1. The van der Waals surface area contributed by atoms with Gasteiger partial charge in [0.1, 0.15) is 5.82 Å². The van der Waals surface area contributed by atoms with Gasteiger partial charge in [-0.2, -0.15) is 14.6 Å². The maximum absolute atomic E-state index is 14.3. The first-order chi connectivity index (χ1) is 15.9. The van der Waals surface area contributed by atoms with E-state index in [0.717, 1.165) is 31.9 Å². The van der Waals surface area contributed by atoms with Crippen molar-refractivity contribution in [1.82, 2.24) is 24.5 Å². The van der Waals surface area contributed by atoms with Crippen LogP contribution in [0.4, 0.5) is 21.7 Å². The first-order valence-corrected chi connectivity index (χ1v) is 11.2. The van der Waals surface area contributed by atoms with Crippen molar-refractivity contribution in [3.63, 3.8) is 0 Å². The van der Waals surface area contributed by atoms with E-state index in [-0.39, 0.29) is 11.4 Å². The Kier molecular flexibility index (Phi) is 5.46. The molecule has 0 saturated carbocycles. The van der Waals surface area contributed by atoms with Gasteiger partial charge in [0.15, 0.2) is 11.5 Å². The van der Waals surface area contributed by atoms with Crippen LogP contribution in [0, 0.1) is 5.82 Å². The Labute approximate surface area is 192 Å². The third kappa shape index (κ3) is 4.39. The van der Waals surface area contributed by atoms with Gasteiger partial charge in [0.05, 0.1) is 11.8 Å². The number of hydrogen-bond acceptors (Lipinski definition) is 6. The van der Waals surface area contributed by atoms with Crippen LogP contribution in [0.3, 0.4) is 0 Å². The van der Waals surface area contributed by atoms with E-state index in [9.17, 15) is 4.39 Å². The molecule has 8 heteroatoms. The number of nitrogens with one attached hydrogen (secondary N) is 1. The first kappa shape index (κ1) is 21.3. The molecule has 1 aliphatic rings. The van der Waals surface area contributed by atoms with Crippen LogP contribution in [0.2, 0.25) is 0 Å². The normalized spacial score (nSPS) is 15.2. The number of anilines is 3. The Morgan fingerprint density at radius 1 is 0.879 bits per heavy atom. The quantitative estimate of drug-likeness (QED) is 0.496. The van der Waals surface area contributed by atoms with Gasteiger partial charge in [-0.25, -0.2) is 9.37 Å². The smallest absolute Gasteiger partial charge is 0.232 e. The highest BCUT2D eigenvalue weighted by Gasteiger charge is 2.25. The zero-order valence-corrected chi connectivity index (χ0v) is 19.2. The summed E-state index contributed by atoms with van der Waals surface area (Å²) in [6.07, 6.45) is 1.65. The van der Waals surface area contributed by atoms with E-state index in [1.807, 2.05) is 12.1 Å². The second kappa shape index (κ2) is 8.44. The summed E-state index contributed by atoms with van der Waals surface area (Å²) in [6.45, 7) is 10.9. The molecular weight excluding hydrogens is 417 g/mol. The molecule has 1 N–H and O–H groups in total. The van der Waals surface area contributed by atoms with E-state index >= 15 is 0 Å². The highest BCUT2D eigenvalue weighted by Crippen LogP contribution is 2.25. The van der Waals surface area contributed by atoms with Crippen molar-refractivity contribution >= 4 is 23.0 Å². The maximum atomic E-state index is 14.3. The summed E-state index contributed by atoms with van der Waals surface area (Å²) in [6, 6.07) is 16.6. The fraction of sp³-hybridized carbons (Fsp3) is 0.320.